The Balaban J connectivity index is 1.80. The number of carbonyl (C=O) groups is 2. The molecule has 0 aromatic heterocycles. The lowest BCUT2D eigenvalue weighted by Gasteiger charge is -2.16. The zero-order chi connectivity index (χ0) is 18.9. The van der Waals surface area contributed by atoms with Gasteiger partial charge in [0.1, 0.15) is 17.3 Å². The number of benzene rings is 2. The number of carboxylic acid groups (broad SMARTS) is 1. The molecule has 0 spiro atoms. The number of ether oxygens (including phenoxy) is 2. The molecule has 2 aromatic carbocycles. The van der Waals surface area contributed by atoms with E-state index in [0.29, 0.717) is 5.75 Å². The molecule has 0 heterocycles. The molecule has 2 rings (SSSR count). The van der Waals surface area contributed by atoms with Gasteiger partial charge in [0.2, 0.25) is 6.10 Å². The molecule has 6 nitrogen and oxygen atoms in total. The topological polar surface area (TPSA) is 84.9 Å². The number of aliphatic carboxylic acids is 1. The van der Waals surface area contributed by atoms with E-state index in [1.54, 1.807) is 12.1 Å². The van der Waals surface area contributed by atoms with Crippen LogP contribution in [0.3, 0.4) is 0 Å². The monoisotopic (exact) mass is 361 g/mol. The van der Waals surface area contributed by atoms with Crippen LogP contribution in [0.4, 0.5) is 4.39 Å². The summed E-state index contributed by atoms with van der Waals surface area (Å²) >= 11 is 0. The molecular weight excluding hydrogens is 341 g/mol. The Morgan fingerprint density at radius 1 is 1.08 bits per heavy atom. The van der Waals surface area contributed by atoms with Crippen LogP contribution < -0.4 is 14.8 Å². The van der Waals surface area contributed by atoms with E-state index in [1.807, 2.05) is 19.1 Å². The molecule has 7 heteroatoms. The molecule has 1 atom stereocenters. The number of rotatable bonds is 9. The van der Waals surface area contributed by atoms with Gasteiger partial charge in [0.05, 0.1) is 6.54 Å². The molecule has 138 valence electrons. The summed E-state index contributed by atoms with van der Waals surface area (Å²) in [6, 6.07) is 12.3. The first-order valence-electron chi connectivity index (χ1n) is 8.11. The first-order valence-corrected chi connectivity index (χ1v) is 8.11. The quantitative estimate of drug-likeness (QED) is 0.716. The van der Waals surface area contributed by atoms with Crippen molar-refractivity contribution >= 4 is 11.9 Å². The van der Waals surface area contributed by atoms with E-state index in [1.165, 1.54) is 12.1 Å². The van der Waals surface area contributed by atoms with E-state index in [2.05, 4.69) is 5.32 Å². The van der Waals surface area contributed by atoms with Gasteiger partial charge >= 0.3 is 5.97 Å². The van der Waals surface area contributed by atoms with Gasteiger partial charge in [-0.3, -0.25) is 4.79 Å². The Morgan fingerprint density at radius 2 is 1.69 bits per heavy atom. The van der Waals surface area contributed by atoms with Crippen molar-refractivity contribution in [2.75, 3.05) is 13.2 Å². The highest BCUT2D eigenvalue weighted by molar-refractivity contribution is 5.79. The zero-order valence-electron chi connectivity index (χ0n) is 14.3. The summed E-state index contributed by atoms with van der Waals surface area (Å²) in [5.41, 5.74) is 1.16. The molecule has 0 saturated carbocycles. The number of nitrogens with one attached hydrogen (secondary N) is 1. The smallest absolute Gasteiger partial charge is 0.346 e. The Kier molecular flexibility index (Phi) is 6.96. The first kappa shape index (κ1) is 19.2. The van der Waals surface area contributed by atoms with Gasteiger partial charge in [0.25, 0.3) is 5.91 Å². The Labute approximate surface area is 150 Å². The van der Waals surface area contributed by atoms with Crippen LogP contribution in [0.25, 0.3) is 0 Å². The molecule has 1 amide bonds. The average Bonchev–Trinajstić information content (AvgIpc) is 2.65. The summed E-state index contributed by atoms with van der Waals surface area (Å²) in [5, 5.41) is 11.6. The third kappa shape index (κ3) is 6.08. The average molecular weight is 361 g/mol. The van der Waals surface area contributed by atoms with Crippen molar-refractivity contribution in [3.63, 3.8) is 0 Å². The van der Waals surface area contributed by atoms with Crippen molar-refractivity contribution < 1.29 is 28.6 Å². The van der Waals surface area contributed by atoms with Crippen LogP contribution in [-0.2, 0) is 16.0 Å². The lowest BCUT2D eigenvalue weighted by Crippen LogP contribution is -2.41. The SMILES string of the molecule is CCc1ccc(OCC(=O)NCC(Oc2ccc(F)cc2)C(=O)O)cc1. The van der Waals surface area contributed by atoms with Gasteiger partial charge in [-0.2, -0.15) is 0 Å². The molecule has 2 N–H and O–H groups in total. The van der Waals surface area contributed by atoms with E-state index in [-0.39, 0.29) is 18.9 Å². The second-order valence-corrected chi connectivity index (χ2v) is 5.49. The van der Waals surface area contributed by atoms with Crippen LogP contribution in [0.5, 0.6) is 11.5 Å². The Hall–Kier alpha value is -3.09. The summed E-state index contributed by atoms with van der Waals surface area (Å²) in [5.74, 6) is -1.43. The highest BCUT2D eigenvalue weighted by Gasteiger charge is 2.20. The maximum absolute atomic E-state index is 12.9. The van der Waals surface area contributed by atoms with Gasteiger partial charge < -0.3 is 19.9 Å². The second kappa shape index (κ2) is 9.41. The number of aryl methyl sites for hydroxylation is 1. The maximum Gasteiger partial charge on any atom is 0.346 e. The molecule has 0 fully saturated rings. The fraction of sp³-hybridized carbons (Fsp3) is 0.263. The Morgan fingerprint density at radius 3 is 2.27 bits per heavy atom. The summed E-state index contributed by atoms with van der Waals surface area (Å²) in [4.78, 5) is 23.1. The van der Waals surface area contributed by atoms with Gasteiger partial charge in [0.15, 0.2) is 6.61 Å². The fourth-order valence-corrected chi connectivity index (χ4v) is 2.08. The fourth-order valence-electron chi connectivity index (χ4n) is 2.08. The van der Waals surface area contributed by atoms with Gasteiger partial charge in [0, 0.05) is 0 Å². The number of hydrogen-bond acceptors (Lipinski definition) is 4. The van der Waals surface area contributed by atoms with Crippen molar-refractivity contribution in [3.8, 4) is 11.5 Å². The van der Waals surface area contributed by atoms with E-state index in [9.17, 15) is 19.1 Å². The largest absolute Gasteiger partial charge is 0.484 e. The van der Waals surface area contributed by atoms with Crippen LogP contribution in [0.1, 0.15) is 12.5 Å². The van der Waals surface area contributed by atoms with E-state index < -0.39 is 23.8 Å². The molecule has 1 unspecified atom stereocenters. The Bertz CT molecular complexity index is 731. The van der Waals surface area contributed by atoms with Crippen LogP contribution in [-0.4, -0.2) is 36.2 Å². The number of hydrogen-bond donors (Lipinski definition) is 2. The highest BCUT2D eigenvalue weighted by Crippen LogP contribution is 2.14. The van der Waals surface area contributed by atoms with Crippen molar-refractivity contribution in [3.05, 3.63) is 59.9 Å². The lowest BCUT2D eigenvalue weighted by atomic mass is 10.2. The minimum Gasteiger partial charge on any atom is -0.484 e. The molecular formula is C19H20FNO5. The molecule has 0 radical (unpaired) electrons. The predicted molar refractivity (Wildman–Crippen MR) is 92.8 cm³/mol. The maximum atomic E-state index is 12.9. The molecule has 0 aliphatic heterocycles. The van der Waals surface area contributed by atoms with Crippen LogP contribution in [0.15, 0.2) is 48.5 Å². The standard InChI is InChI=1S/C19H20FNO5/c1-2-13-3-7-15(8-4-13)25-12-18(22)21-11-17(19(23)24)26-16-9-5-14(20)6-10-16/h3-10,17H,2,11-12H2,1H3,(H,21,22)(H,23,24). The summed E-state index contributed by atoms with van der Waals surface area (Å²) in [6.07, 6.45) is -0.390. The zero-order valence-corrected chi connectivity index (χ0v) is 14.3. The van der Waals surface area contributed by atoms with Crippen LogP contribution >= 0.6 is 0 Å². The summed E-state index contributed by atoms with van der Waals surface area (Å²) in [6.45, 7) is 1.55. The van der Waals surface area contributed by atoms with Crippen molar-refractivity contribution in [1.82, 2.24) is 5.32 Å². The lowest BCUT2D eigenvalue weighted by molar-refractivity contribution is -0.145. The predicted octanol–water partition coefficient (Wildman–Crippen LogP) is 2.42. The van der Waals surface area contributed by atoms with Crippen LogP contribution in [0.2, 0.25) is 0 Å². The molecule has 0 saturated heterocycles. The molecule has 0 aliphatic carbocycles. The molecule has 2 aromatic rings. The van der Waals surface area contributed by atoms with Crippen molar-refractivity contribution in [2.24, 2.45) is 0 Å². The third-order valence-corrected chi connectivity index (χ3v) is 3.55. The second-order valence-electron chi connectivity index (χ2n) is 5.49. The first-order chi connectivity index (χ1) is 12.5. The van der Waals surface area contributed by atoms with E-state index >= 15 is 0 Å². The summed E-state index contributed by atoms with van der Waals surface area (Å²) in [7, 11) is 0. The molecule has 26 heavy (non-hydrogen) atoms. The molecule has 0 bridgehead atoms. The van der Waals surface area contributed by atoms with Crippen molar-refractivity contribution in [1.29, 1.82) is 0 Å². The minimum absolute atomic E-state index is 0.195. The number of carboxylic acids is 1. The summed E-state index contributed by atoms with van der Waals surface area (Å²) < 4.78 is 23.5. The van der Waals surface area contributed by atoms with Gasteiger partial charge in [-0.15, -0.1) is 0 Å². The highest BCUT2D eigenvalue weighted by atomic mass is 19.1. The third-order valence-electron chi connectivity index (χ3n) is 3.55. The normalized spacial score (nSPS) is 11.5. The van der Waals surface area contributed by atoms with E-state index in [0.717, 1.165) is 24.1 Å². The minimum atomic E-state index is -1.30. The van der Waals surface area contributed by atoms with Gasteiger partial charge in [-0.05, 0) is 48.4 Å². The van der Waals surface area contributed by atoms with Gasteiger partial charge in [-0.1, -0.05) is 19.1 Å². The van der Waals surface area contributed by atoms with E-state index in [4.69, 9.17) is 9.47 Å². The number of halogens is 1. The van der Waals surface area contributed by atoms with Crippen LogP contribution in [0, 0.1) is 5.82 Å². The number of carbonyl (C=O) groups excluding carboxylic acids is 1. The molecule has 0 aliphatic rings. The van der Waals surface area contributed by atoms with Gasteiger partial charge in [-0.25, -0.2) is 9.18 Å². The van der Waals surface area contributed by atoms with Crippen molar-refractivity contribution in [2.45, 2.75) is 19.4 Å². The number of amides is 1.